The lowest BCUT2D eigenvalue weighted by Gasteiger charge is -2.22. The monoisotopic (exact) mass is 317 g/mol. The van der Waals surface area contributed by atoms with Gasteiger partial charge < -0.3 is 15.0 Å². The van der Waals surface area contributed by atoms with Crippen LogP contribution in [0.1, 0.15) is 31.2 Å². The Morgan fingerprint density at radius 1 is 1.30 bits per heavy atom. The minimum atomic E-state index is 0.678. The summed E-state index contributed by atoms with van der Waals surface area (Å²) in [6.07, 6.45) is 5.73. The third kappa shape index (κ3) is 8.84. The number of carbonyl (C=O) groups is 1. The average molecular weight is 317 g/mol. The first-order chi connectivity index (χ1) is 11.2. The highest BCUT2D eigenvalue weighted by atomic mass is 16.5. The first kappa shape index (κ1) is 19.0. The molecule has 5 heteroatoms. The summed E-state index contributed by atoms with van der Waals surface area (Å²) >= 11 is 0. The second-order valence-corrected chi connectivity index (χ2v) is 5.89. The summed E-state index contributed by atoms with van der Waals surface area (Å²) in [5, 5.41) is 12.1. The predicted molar refractivity (Wildman–Crippen MR) is 91.2 cm³/mol. The smallest absolute Gasteiger partial charge is 0.209 e. The molecule has 0 radical (unpaired) electrons. The number of ether oxygens (including phenoxy) is 1. The lowest BCUT2D eigenvalue weighted by atomic mass is 9.93. The third-order valence-electron chi connectivity index (χ3n) is 3.68. The van der Waals surface area contributed by atoms with Crippen LogP contribution in [-0.2, 0) is 4.79 Å². The highest BCUT2D eigenvalue weighted by molar-refractivity contribution is 5.45. The second-order valence-electron chi connectivity index (χ2n) is 5.89. The number of carbonyl (C=O) groups excluding carboxylic acids is 1. The lowest BCUT2D eigenvalue weighted by molar-refractivity contribution is -0.115. The van der Waals surface area contributed by atoms with E-state index < -0.39 is 0 Å². The number of amides is 1. The second kappa shape index (κ2) is 11.5. The molecule has 0 saturated carbocycles. The van der Waals surface area contributed by atoms with E-state index in [1.54, 1.807) is 26.2 Å². The fraction of sp³-hybridized carbons (Fsp3) is 0.556. The molecule has 1 aromatic rings. The molecule has 0 spiro atoms. The Morgan fingerprint density at radius 2 is 1.91 bits per heavy atom. The van der Waals surface area contributed by atoms with E-state index in [2.05, 4.69) is 11.4 Å². The van der Waals surface area contributed by atoms with Gasteiger partial charge in [-0.3, -0.25) is 4.79 Å². The van der Waals surface area contributed by atoms with Crippen LogP contribution in [0.2, 0.25) is 0 Å². The Labute approximate surface area is 139 Å². The van der Waals surface area contributed by atoms with E-state index in [1.165, 1.54) is 37.3 Å². The van der Waals surface area contributed by atoms with E-state index in [1.807, 2.05) is 12.1 Å². The number of rotatable bonds is 6. The molecular weight excluding hydrogens is 290 g/mol. The normalized spacial score (nSPS) is 14.1. The maximum Gasteiger partial charge on any atom is 0.209 e. The van der Waals surface area contributed by atoms with Gasteiger partial charge in [-0.1, -0.05) is 0 Å². The van der Waals surface area contributed by atoms with Crippen LogP contribution in [0.15, 0.2) is 24.3 Å². The van der Waals surface area contributed by atoms with E-state index in [9.17, 15) is 4.79 Å². The van der Waals surface area contributed by atoms with Crippen molar-refractivity contribution in [2.75, 3.05) is 33.8 Å². The van der Waals surface area contributed by atoms with Crippen LogP contribution in [0.25, 0.3) is 0 Å². The zero-order chi connectivity index (χ0) is 16.9. The predicted octanol–water partition coefficient (Wildman–Crippen LogP) is 2.42. The van der Waals surface area contributed by atoms with E-state index in [0.29, 0.717) is 5.56 Å². The van der Waals surface area contributed by atoms with Crippen LogP contribution < -0.4 is 10.1 Å². The fourth-order valence-electron chi connectivity index (χ4n) is 2.36. The average Bonchev–Trinajstić information content (AvgIpc) is 2.60. The highest BCUT2D eigenvalue weighted by Gasteiger charge is 2.12. The van der Waals surface area contributed by atoms with Gasteiger partial charge in [0.05, 0.1) is 18.2 Å². The topological polar surface area (TPSA) is 65.4 Å². The quantitative estimate of drug-likeness (QED) is 0.646. The molecule has 1 amide bonds. The largest absolute Gasteiger partial charge is 0.494 e. The molecule has 126 valence electrons. The zero-order valence-electron chi connectivity index (χ0n) is 14.1. The SMILES string of the molecule is CN(C)C=O.N#Cc1ccc(OCCCC2CCNCC2)cc1. The number of nitrogens with one attached hydrogen (secondary N) is 1. The van der Waals surface area contributed by atoms with E-state index in [0.717, 1.165) is 31.1 Å². The Bertz CT molecular complexity index is 474. The molecular formula is C18H27N3O2. The number of hydrogen-bond donors (Lipinski definition) is 1. The van der Waals surface area contributed by atoms with E-state index in [4.69, 9.17) is 10.00 Å². The lowest BCUT2D eigenvalue weighted by Crippen LogP contribution is -2.27. The van der Waals surface area contributed by atoms with Crippen molar-refractivity contribution in [2.45, 2.75) is 25.7 Å². The third-order valence-corrected chi connectivity index (χ3v) is 3.68. The number of benzene rings is 1. The molecule has 5 nitrogen and oxygen atoms in total. The molecule has 1 aliphatic heterocycles. The maximum atomic E-state index is 9.43. The van der Waals surface area contributed by atoms with Gasteiger partial charge in [0, 0.05) is 14.1 Å². The van der Waals surface area contributed by atoms with Gasteiger partial charge in [-0.05, 0) is 69.0 Å². The minimum absolute atomic E-state index is 0.678. The number of hydrogen-bond acceptors (Lipinski definition) is 4. The van der Waals surface area contributed by atoms with Crippen molar-refractivity contribution in [1.82, 2.24) is 10.2 Å². The molecule has 0 atom stereocenters. The van der Waals surface area contributed by atoms with Crippen LogP contribution in [0.4, 0.5) is 0 Å². The molecule has 0 bridgehead atoms. The van der Waals surface area contributed by atoms with Crippen LogP contribution in [-0.4, -0.2) is 45.1 Å². The summed E-state index contributed by atoms with van der Waals surface area (Å²) in [6.45, 7) is 3.11. The fourth-order valence-corrected chi connectivity index (χ4v) is 2.36. The van der Waals surface area contributed by atoms with Gasteiger partial charge in [0.15, 0.2) is 0 Å². The Morgan fingerprint density at radius 3 is 2.43 bits per heavy atom. The molecule has 0 aromatic heterocycles. The summed E-state index contributed by atoms with van der Waals surface area (Å²) in [4.78, 5) is 10.9. The van der Waals surface area contributed by atoms with Crippen molar-refractivity contribution in [3.05, 3.63) is 29.8 Å². The van der Waals surface area contributed by atoms with Crippen LogP contribution >= 0.6 is 0 Å². The van der Waals surface area contributed by atoms with Gasteiger partial charge in [-0.25, -0.2) is 0 Å². The van der Waals surface area contributed by atoms with Gasteiger partial charge in [0.1, 0.15) is 5.75 Å². The summed E-state index contributed by atoms with van der Waals surface area (Å²) < 4.78 is 5.67. The first-order valence-electron chi connectivity index (χ1n) is 8.11. The summed E-state index contributed by atoms with van der Waals surface area (Å²) in [6, 6.07) is 9.42. The van der Waals surface area contributed by atoms with Crippen molar-refractivity contribution >= 4 is 6.41 Å². The maximum absolute atomic E-state index is 9.43. The zero-order valence-corrected chi connectivity index (χ0v) is 14.1. The minimum Gasteiger partial charge on any atom is -0.494 e. The molecule has 2 rings (SSSR count). The summed E-state index contributed by atoms with van der Waals surface area (Å²) in [5.41, 5.74) is 0.678. The molecule has 23 heavy (non-hydrogen) atoms. The molecule has 0 unspecified atom stereocenters. The first-order valence-corrected chi connectivity index (χ1v) is 8.11. The molecule has 1 saturated heterocycles. The molecule has 1 fully saturated rings. The summed E-state index contributed by atoms with van der Waals surface area (Å²) in [7, 11) is 3.38. The number of nitrogens with zero attached hydrogens (tertiary/aromatic N) is 2. The molecule has 0 aliphatic carbocycles. The van der Waals surface area contributed by atoms with Crippen molar-refractivity contribution in [2.24, 2.45) is 5.92 Å². The van der Waals surface area contributed by atoms with Crippen LogP contribution in [0, 0.1) is 17.2 Å². The van der Waals surface area contributed by atoms with E-state index in [-0.39, 0.29) is 0 Å². The van der Waals surface area contributed by atoms with Crippen molar-refractivity contribution in [1.29, 1.82) is 5.26 Å². The number of nitriles is 1. The Kier molecular flexibility index (Phi) is 9.49. The van der Waals surface area contributed by atoms with Gasteiger partial charge in [0.25, 0.3) is 0 Å². The van der Waals surface area contributed by atoms with Crippen LogP contribution in [0.5, 0.6) is 5.75 Å². The van der Waals surface area contributed by atoms with Crippen molar-refractivity contribution in [3.63, 3.8) is 0 Å². The van der Waals surface area contributed by atoms with Gasteiger partial charge in [-0.15, -0.1) is 0 Å². The number of piperidine rings is 1. The molecule has 1 N–H and O–H groups in total. The standard InChI is InChI=1S/C15H20N2O.C3H7NO/c16-12-14-3-5-15(6-4-14)18-11-1-2-13-7-9-17-10-8-13;1-4(2)3-5/h3-6,13,17H,1-2,7-11H2;3H,1-2H3. The Hall–Kier alpha value is -2.06. The van der Waals surface area contributed by atoms with Gasteiger partial charge >= 0.3 is 0 Å². The van der Waals surface area contributed by atoms with Crippen LogP contribution in [0.3, 0.4) is 0 Å². The molecule has 1 aliphatic rings. The van der Waals surface area contributed by atoms with Gasteiger partial charge in [0.2, 0.25) is 6.41 Å². The van der Waals surface area contributed by atoms with Crippen molar-refractivity contribution < 1.29 is 9.53 Å². The van der Waals surface area contributed by atoms with E-state index >= 15 is 0 Å². The van der Waals surface area contributed by atoms with Gasteiger partial charge in [-0.2, -0.15) is 5.26 Å². The molecule has 1 heterocycles. The highest BCUT2D eigenvalue weighted by Crippen LogP contribution is 2.18. The Balaban J connectivity index is 0.000000463. The van der Waals surface area contributed by atoms with Crippen molar-refractivity contribution in [3.8, 4) is 11.8 Å². The summed E-state index contributed by atoms with van der Waals surface area (Å²) in [5.74, 6) is 1.73. The molecule has 1 aromatic carbocycles.